The molecule has 4 aliphatic rings. The van der Waals surface area contributed by atoms with Gasteiger partial charge in [-0.2, -0.15) is 0 Å². The van der Waals surface area contributed by atoms with Crippen molar-refractivity contribution in [3.8, 4) is 0 Å². The van der Waals surface area contributed by atoms with Gasteiger partial charge in [-0.15, -0.1) is 0 Å². The predicted octanol–water partition coefficient (Wildman–Crippen LogP) is 7.37. The van der Waals surface area contributed by atoms with E-state index < -0.39 is 0 Å². The monoisotopic (exact) mass is 429 g/mol. The molecule has 2 nitrogen and oxygen atoms in total. The van der Waals surface area contributed by atoms with Gasteiger partial charge in [-0.1, -0.05) is 65.5 Å². The van der Waals surface area contributed by atoms with Gasteiger partial charge in [0, 0.05) is 6.54 Å². The minimum Gasteiger partial charge on any atom is -0.377 e. The first-order chi connectivity index (χ1) is 14.8. The van der Waals surface area contributed by atoms with Crippen LogP contribution in [0, 0.1) is 46.3 Å². The molecule has 0 aromatic carbocycles. The Bertz CT molecular complexity index is 641. The zero-order valence-corrected chi connectivity index (χ0v) is 21.3. The molecule has 4 rings (SSSR count). The van der Waals surface area contributed by atoms with Crippen LogP contribution in [0.1, 0.15) is 105 Å². The lowest BCUT2D eigenvalue weighted by Gasteiger charge is -2.58. The standard InChI is InChI=1S/C29H51NO/c1-20(2)7-6-8-21(3)25-11-12-26-24-10-9-22-19-23(31-18-17-30)13-15-28(22,4)27(24)14-16-29(25,26)5/h9,20-21,23-27H,6-8,10-19,30H2,1-5H3/t21-,23+,24+,25?,26+,27+,28+,29-/m1/s1. The Morgan fingerprint density at radius 1 is 1.03 bits per heavy atom. The van der Waals surface area contributed by atoms with Crippen LogP contribution in [-0.2, 0) is 4.74 Å². The number of hydrogen-bond acceptors (Lipinski definition) is 2. The van der Waals surface area contributed by atoms with Gasteiger partial charge >= 0.3 is 0 Å². The SMILES string of the molecule is CC(C)CCC[C@@H](C)C1CC[C@H]2[C@@H]3CC=C4C[C@@H](OCCN)CC[C@]4(C)[C@H]3CC[C@]12C. The second-order valence-corrected chi connectivity index (χ2v) is 12.8. The van der Waals surface area contributed by atoms with Crippen molar-refractivity contribution in [3.05, 3.63) is 11.6 Å². The number of allylic oxidation sites excluding steroid dienone is 1. The Morgan fingerprint density at radius 2 is 1.84 bits per heavy atom. The molecule has 0 radical (unpaired) electrons. The van der Waals surface area contributed by atoms with Crippen molar-refractivity contribution in [2.45, 2.75) is 111 Å². The lowest BCUT2D eigenvalue weighted by Crippen LogP contribution is -2.51. The average molecular weight is 430 g/mol. The molecular weight excluding hydrogens is 378 g/mol. The van der Waals surface area contributed by atoms with E-state index in [0.717, 1.165) is 48.5 Å². The summed E-state index contributed by atoms with van der Waals surface area (Å²) in [6, 6.07) is 0. The molecule has 0 aliphatic heterocycles. The van der Waals surface area contributed by atoms with E-state index in [1.54, 1.807) is 5.57 Å². The van der Waals surface area contributed by atoms with E-state index in [1.807, 2.05) is 0 Å². The zero-order chi connectivity index (χ0) is 22.2. The number of hydrogen-bond donors (Lipinski definition) is 1. The Kier molecular flexibility index (Phi) is 7.29. The van der Waals surface area contributed by atoms with Gasteiger partial charge in [-0.3, -0.25) is 0 Å². The van der Waals surface area contributed by atoms with Gasteiger partial charge in [0.05, 0.1) is 12.7 Å². The van der Waals surface area contributed by atoms with Crippen LogP contribution in [0.15, 0.2) is 11.6 Å². The zero-order valence-electron chi connectivity index (χ0n) is 21.3. The molecule has 8 atom stereocenters. The second kappa shape index (κ2) is 9.49. The highest BCUT2D eigenvalue weighted by molar-refractivity contribution is 5.25. The van der Waals surface area contributed by atoms with Crippen LogP contribution in [0.2, 0.25) is 0 Å². The van der Waals surface area contributed by atoms with Crippen molar-refractivity contribution in [3.63, 3.8) is 0 Å². The highest BCUT2D eigenvalue weighted by Gasteiger charge is 2.59. The lowest BCUT2D eigenvalue weighted by molar-refractivity contribution is -0.0634. The van der Waals surface area contributed by atoms with E-state index in [4.69, 9.17) is 10.5 Å². The molecular formula is C29H51NO. The van der Waals surface area contributed by atoms with Gasteiger partial charge in [-0.25, -0.2) is 0 Å². The maximum atomic E-state index is 6.07. The summed E-state index contributed by atoms with van der Waals surface area (Å²) in [4.78, 5) is 0. The van der Waals surface area contributed by atoms with Crippen LogP contribution in [0.3, 0.4) is 0 Å². The van der Waals surface area contributed by atoms with E-state index >= 15 is 0 Å². The number of rotatable bonds is 8. The van der Waals surface area contributed by atoms with E-state index in [-0.39, 0.29) is 0 Å². The normalized spacial score (nSPS) is 43.2. The van der Waals surface area contributed by atoms with E-state index in [9.17, 15) is 0 Å². The van der Waals surface area contributed by atoms with Crippen molar-refractivity contribution in [1.29, 1.82) is 0 Å². The maximum absolute atomic E-state index is 6.07. The second-order valence-electron chi connectivity index (χ2n) is 12.8. The van der Waals surface area contributed by atoms with Gasteiger partial charge < -0.3 is 10.5 Å². The molecule has 1 unspecified atom stereocenters. The molecule has 0 aromatic heterocycles. The van der Waals surface area contributed by atoms with Crippen LogP contribution < -0.4 is 5.73 Å². The molecule has 2 N–H and O–H groups in total. The minimum absolute atomic E-state index is 0.413. The fourth-order valence-corrected chi connectivity index (χ4v) is 9.03. The smallest absolute Gasteiger partial charge is 0.0613 e. The molecule has 0 bridgehead atoms. The highest BCUT2D eigenvalue weighted by atomic mass is 16.5. The topological polar surface area (TPSA) is 35.2 Å². The fraction of sp³-hybridized carbons (Fsp3) is 0.931. The van der Waals surface area contributed by atoms with Gasteiger partial charge in [-0.05, 0) is 97.7 Å². The third-order valence-corrected chi connectivity index (χ3v) is 10.7. The average Bonchev–Trinajstić information content (AvgIpc) is 3.09. The molecule has 3 fully saturated rings. The first-order valence-corrected chi connectivity index (χ1v) is 13.8. The lowest BCUT2D eigenvalue weighted by atomic mass is 9.47. The van der Waals surface area contributed by atoms with Crippen LogP contribution in [-0.4, -0.2) is 19.3 Å². The molecule has 0 heterocycles. The molecule has 0 aromatic rings. The Balaban J connectivity index is 1.45. The third kappa shape index (κ3) is 4.42. The summed E-state index contributed by atoms with van der Waals surface area (Å²) in [5.41, 5.74) is 8.46. The number of fused-ring (bicyclic) bond motifs is 5. The van der Waals surface area contributed by atoms with Crippen molar-refractivity contribution >= 4 is 0 Å². The molecule has 0 amide bonds. The van der Waals surface area contributed by atoms with E-state index in [2.05, 4.69) is 40.7 Å². The van der Waals surface area contributed by atoms with Crippen molar-refractivity contribution < 1.29 is 4.74 Å². The van der Waals surface area contributed by atoms with Gasteiger partial charge in [0.1, 0.15) is 0 Å². The van der Waals surface area contributed by atoms with Gasteiger partial charge in [0.15, 0.2) is 0 Å². The van der Waals surface area contributed by atoms with Crippen LogP contribution in [0.4, 0.5) is 0 Å². The Hall–Kier alpha value is -0.340. The molecule has 178 valence electrons. The fourth-order valence-electron chi connectivity index (χ4n) is 9.03. The molecule has 4 aliphatic carbocycles. The highest BCUT2D eigenvalue weighted by Crippen LogP contribution is 2.67. The molecule has 0 spiro atoms. The third-order valence-electron chi connectivity index (χ3n) is 10.7. The minimum atomic E-state index is 0.413. The molecule has 0 saturated heterocycles. The summed E-state index contributed by atoms with van der Waals surface area (Å²) in [6.07, 6.45) is 18.4. The largest absolute Gasteiger partial charge is 0.377 e. The number of nitrogens with two attached hydrogens (primary N) is 1. The van der Waals surface area contributed by atoms with Crippen LogP contribution in [0.5, 0.6) is 0 Å². The Morgan fingerprint density at radius 3 is 2.58 bits per heavy atom. The summed E-state index contributed by atoms with van der Waals surface area (Å²) >= 11 is 0. The summed E-state index contributed by atoms with van der Waals surface area (Å²) in [5, 5.41) is 0. The summed E-state index contributed by atoms with van der Waals surface area (Å²) in [7, 11) is 0. The predicted molar refractivity (Wildman–Crippen MR) is 132 cm³/mol. The summed E-state index contributed by atoms with van der Waals surface area (Å²) in [6.45, 7) is 14.0. The van der Waals surface area contributed by atoms with Crippen LogP contribution >= 0.6 is 0 Å². The first-order valence-electron chi connectivity index (χ1n) is 13.8. The quantitative estimate of drug-likeness (QED) is 0.409. The van der Waals surface area contributed by atoms with Gasteiger partial charge in [0.2, 0.25) is 0 Å². The van der Waals surface area contributed by atoms with Crippen LogP contribution in [0.25, 0.3) is 0 Å². The molecule has 31 heavy (non-hydrogen) atoms. The maximum Gasteiger partial charge on any atom is 0.0613 e. The molecule has 3 saturated carbocycles. The van der Waals surface area contributed by atoms with Crippen molar-refractivity contribution in [2.24, 2.45) is 52.1 Å². The Labute approximate surface area is 193 Å². The van der Waals surface area contributed by atoms with Crippen molar-refractivity contribution in [2.75, 3.05) is 13.2 Å². The molecule has 2 heteroatoms. The van der Waals surface area contributed by atoms with E-state index in [0.29, 0.717) is 23.5 Å². The van der Waals surface area contributed by atoms with Crippen molar-refractivity contribution in [1.82, 2.24) is 0 Å². The summed E-state index contributed by atoms with van der Waals surface area (Å²) < 4.78 is 6.07. The first kappa shape index (κ1) is 23.8. The van der Waals surface area contributed by atoms with E-state index in [1.165, 1.54) is 64.2 Å². The summed E-state index contributed by atoms with van der Waals surface area (Å²) in [5.74, 6) is 5.53. The van der Waals surface area contributed by atoms with Gasteiger partial charge in [0.25, 0.3) is 0 Å². The number of ether oxygens (including phenoxy) is 1.